The van der Waals surface area contributed by atoms with Gasteiger partial charge < -0.3 is 4.90 Å². The van der Waals surface area contributed by atoms with Crippen molar-refractivity contribution >= 4 is 44.5 Å². The van der Waals surface area contributed by atoms with Gasteiger partial charge in [0.05, 0.1) is 16.7 Å². The van der Waals surface area contributed by atoms with Crippen LogP contribution in [0.15, 0.2) is 32.6 Å². The molecule has 0 unspecified atom stereocenters. The monoisotopic (exact) mass is 409 g/mol. The number of aromatic nitrogens is 2. The lowest BCUT2D eigenvalue weighted by atomic mass is 10.2. The van der Waals surface area contributed by atoms with Crippen molar-refractivity contribution in [3.63, 3.8) is 0 Å². The fourth-order valence-electron chi connectivity index (χ4n) is 2.89. The minimum atomic E-state index is -0.0423. The van der Waals surface area contributed by atoms with Crippen LogP contribution >= 0.6 is 27.7 Å². The predicted octanol–water partition coefficient (Wildman–Crippen LogP) is 3.28. The number of fused-ring (bicyclic) bond motifs is 1. The van der Waals surface area contributed by atoms with Gasteiger partial charge in [-0.1, -0.05) is 34.6 Å². The van der Waals surface area contributed by atoms with E-state index in [2.05, 4.69) is 20.9 Å². The van der Waals surface area contributed by atoms with Crippen LogP contribution in [-0.4, -0.2) is 39.2 Å². The van der Waals surface area contributed by atoms with E-state index < -0.39 is 0 Å². The number of carbonyl (C=O) groups is 1. The average Bonchev–Trinajstić information content (AvgIpc) is 3.11. The minimum absolute atomic E-state index is 0.0423. The second-order valence-corrected chi connectivity index (χ2v) is 7.75. The Bertz CT molecular complexity index is 815. The van der Waals surface area contributed by atoms with Crippen molar-refractivity contribution in [2.75, 3.05) is 18.8 Å². The number of amides is 1. The van der Waals surface area contributed by atoms with Gasteiger partial charge in [-0.25, -0.2) is 4.98 Å². The highest BCUT2D eigenvalue weighted by Crippen LogP contribution is 2.21. The van der Waals surface area contributed by atoms with Crippen molar-refractivity contribution in [2.24, 2.45) is 0 Å². The summed E-state index contributed by atoms with van der Waals surface area (Å²) in [6.45, 7) is 4.33. The molecule has 7 heteroatoms. The van der Waals surface area contributed by atoms with Crippen LogP contribution in [0.2, 0.25) is 0 Å². The Morgan fingerprint density at radius 3 is 2.79 bits per heavy atom. The fraction of sp³-hybridized carbons (Fsp3) is 0.471. The Morgan fingerprint density at radius 2 is 2.08 bits per heavy atom. The maximum atomic E-state index is 12.8. The topological polar surface area (TPSA) is 55.2 Å². The molecule has 0 bridgehead atoms. The molecule has 2 aromatic rings. The van der Waals surface area contributed by atoms with Gasteiger partial charge in [0.2, 0.25) is 5.91 Å². The van der Waals surface area contributed by atoms with Crippen molar-refractivity contribution in [2.45, 2.75) is 37.9 Å². The quantitative estimate of drug-likeness (QED) is 0.561. The molecule has 128 valence electrons. The third-order valence-electron chi connectivity index (χ3n) is 4.11. The lowest BCUT2D eigenvalue weighted by molar-refractivity contribution is -0.127. The van der Waals surface area contributed by atoms with E-state index in [4.69, 9.17) is 0 Å². The molecule has 0 radical (unpaired) electrons. The lowest BCUT2D eigenvalue weighted by Gasteiger charge is -2.16. The number of halogens is 1. The van der Waals surface area contributed by atoms with Crippen LogP contribution in [0, 0.1) is 0 Å². The summed E-state index contributed by atoms with van der Waals surface area (Å²) in [5.74, 6) is 0.462. The van der Waals surface area contributed by atoms with Crippen LogP contribution in [0.3, 0.4) is 0 Å². The minimum Gasteiger partial charge on any atom is -0.342 e. The molecule has 1 aromatic heterocycles. The van der Waals surface area contributed by atoms with E-state index in [0.717, 1.165) is 36.8 Å². The summed E-state index contributed by atoms with van der Waals surface area (Å²) in [4.78, 5) is 31.6. The summed E-state index contributed by atoms with van der Waals surface area (Å²) in [5, 5.41) is 1.23. The number of rotatable bonds is 5. The highest BCUT2D eigenvalue weighted by molar-refractivity contribution is 9.10. The van der Waals surface area contributed by atoms with Gasteiger partial charge in [0.1, 0.15) is 0 Å². The molecule has 3 rings (SSSR count). The van der Waals surface area contributed by atoms with Crippen molar-refractivity contribution in [1.82, 2.24) is 14.5 Å². The number of carbonyl (C=O) groups excluding carboxylic acids is 1. The van der Waals surface area contributed by atoms with Crippen LogP contribution in [0.5, 0.6) is 0 Å². The van der Waals surface area contributed by atoms with Gasteiger partial charge in [-0.3, -0.25) is 14.2 Å². The Balaban J connectivity index is 1.90. The third kappa shape index (κ3) is 3.67. The SMILES string of the molecule is CCCn1c(SCC(=O)N2CCCC2)nc2ccc(Br)cc2c1=O. The Hall–Kier alpha value is -1.34. The summed E-state index contributed by atoms with van der Waals surface area (Å²) in [6.07, 6.45) is 3.01. The van der Waals surface area contributed by atoms with E-state index in [1.54, 1.807) is 10.6 Å². The highest BCUT2D eigenvalue weighted by Gasteiger charge is 2.19. The van der Waals surface area contributed by atoms with Gasteiger partial charge in [-0.05, 0) is 37.5 Å². The number of nitrogens with zero attached hydrogens (tertiary/aromatic N) is 3. The van der Waals surface area contributed by atoms with Gasteiger partial charge in [-0.2, -0.15) is 0 Å². The summed E-state index contributed by atoms with van der Waals surface area (Å²) in [7, 11) is 0. The molecule has 0 atom stereocenters. The first-order chi connectivity index (χ1) is 11.6. The van der Waals surface area contributed by atoms with Gasteiger partial charge in [0.25, 0.3) is 5.56 Å². The zero-order valence-electron chi connectivity index (χ0n) is 13.6. The maximum Gasteiger partial charge on any atom is 0.262 e. The van der Waals surface area contributed by atoms with E-state index in [-0.39, 0.29) is 11.5 Å². The first-order valence-electron chi connectivity index (χ1n) is 8.21. The summed E-state index contributed by atoms with van der Waals surface area (Å²) < 4.78 is 2.55. The van der Waals surface area contributed by atoms with E-state index in [1.165, 1.54) is 11.8 Å². The molecule has 0 spiro atoms. The first kappa shape index (κ1) is 17.5. The van der Waals surface area contributed by atoms with Gasteiger partial charge in [0.15, 0.2) is 5.16 Å². The second kappa shape index (κ2) is 7.70. The van der Waals surface area contributed by atoms with E-state index in [0.29, 0.717) is 28.4 Å². The second-order valence-electron chi connectivity index (χ2n) is 5.89. The molecule has 1 fully saturated rings. The van der Waals surface area contributed by atoms with Crippen LogP contribution in [-0.2, 0) is 11.3 Å². The van der Waals surface area contributed by atoms with Crippen LogP contribution in [0.4, 0.5) is 0 Å². The van der Waals surface area contributed by atoms with Crippen molar-refractivity contribution in [3.8, 4) is 0 Å². The Kier molecular flexibility index (Phi) is 5.61. The molecule has 1 aliphatic rings. The van der Waals surface area contributed by atoms with Crippen molar-refractivity contribution in [3.05, 3.63) is 33.0 Å². The molecular weight excluding hydrogens is 390 g/mol. The van der Waals surface area contributed by atoms with Crippen LogP contribution in [0.25, 0.3) is 10.9 Å². The van der Waals surface area contributed by atoms with E-state index >= 15 is 0 Å². The molecule has 1 aromatic carbocycles. The van der Waals surface area contributed by atoms with Gasteiger partial charge >= 0.3 is 0 Å². The largest absolute Gasteiger partial charge is 0.342 e. The number of hydrogen-bond donors (Lipinski definition) is 0. The van der Waals surface area contributed by atoms with Crippen molar-refractivity contribution < 1.29 is 4.79 Å². The summed E-state index contributed by atoms with van der Waals surface area (Å²) >= 11 is 4.77. The molecule has 5 nitrogen and oxygen atoms in total. The zero-order chi connectivity index (χ0) is 17.1. The Labute approximate surface area is 153 Å². The molecule has 1 aliphatic heterocycles. The molecule has 0 saturated carbocycles. The molecule has 2 heterocycles. The number of thioether (sulfide) groups is 1. The Morgan fingerprint density at radius 1 is 1.33 bits per heavy atom. The van der Waals surface area contributed by atoms with Crippen molar-refractivity contribution in [1.29, 1.82) is 0 Å². The average molecular weight is 410 g/mol. The molecule has 1 amide bonds. The number of likely N-dealkylation sites (tertiary alicyclic amines) is 1. The molecule has 24 heavy (non-hydrogen) atoms. The molecule has 1 saturated heterocycles. The third-order valence-corrected chi connectivity index (χ3v) is 5.57. The normalized spacial score (nSPS) is 14.5. The molecular formula is C17H20BrN3O2S. The molecule has 0 N–H and O–H groups in total. The summed E-state index contributed by atoms with van der Waals surface area (Å²) in [5.41, 5.74) is 0.631. The predicted molar refractivity (Wildman–Crippen MR) is 101 cm³/mol. The van der Waals surface area contributed by atoms with Gasteiger partial charge in [0, 0.05) is 24.1 Å². The number of hydrogen-bond acceptors (Lipinski definition) is 4. The maximum absolute atomic E-state index is 12.8. The fourth-order valence-corrected chi connectivity index (χ4v) is 4.18. The highest BCUT2D eigenvalue weighted by atomic mass is 79.9. The van der Waals surface area contributed by atoms with Crippen LogP contribution in [0.1, 0.15) is 26.2 Å². The van der Waals surface area contributed by atoms with Gasteiger partial charge in [-0.15, -0.1) is 0 Å². The standard InChI is InChI=1S/C17H20BrN3O2S/c1-2-7-21-16(23)13-10-12(18)5-6-14(13)19-17(21)24-11-15(22)20-8-3-4-9-20/h5-6,10H,2-4,7-9,11H2,1H3. The lowest BCUT2D eigenvalue weighted by Crippen LogP contribution is -2.30. The van der Waals surface area contributed by atoms with Crippen LogP contribution < -0.4 is 5.56 Å². The zero-order valence-corrected chi connectivity index (χ0v) is 16.0. The summed E-state index contributed by atoms with van der Waals surface area (Å²) in [6, 6.07) is 5.52. The first-order valence-corrected chi connectivity index (χ1v) is 9.98. The van der Waals surface area contributed by atoms with E-state index in [1.807, 2.05) is 24.0 Å². The molecule has 0 aliphatic carbocycles. The van der Waals surface area contributed by atoms with E-state index in [9.17, 15) is 9.59 Å². The number of benzene rings is 1. The smallest absolute Gasteiger partial charge is 0.262 e.